The smallest absolute Gasteiger partial charge is 0.289 e. The van der Waals surface area contributed by atoms with Crippen molar-refractivity contribution in [2.45, 2.75) is 50.2 Å². The Labute approximate surface area is 121 Å². The molecule has 114 valence electrons. The van der Waals surface area contributed by atoms with Gasteiger partial charge in [-0.25, -0.2) is 0 Å². The molecule has 0 bridgehead atoms. The predicted octanol–water partition coefficient (Wildman–Crippen LogP) is -1.13. The predicted molar refractivity (Wildman–Crippen MR) is 69.7 cm³/mol. The third kappa shape index (κ3) is 2.14. The van der Waals surface area contributed by atoms with Crippen LogP contribution in [-0.4, -0.2) is 63.3 Å². The molecule has 0 spiro atoms. The number of amides is 1. The van der Waals surface area contributed by atoms with E-state index < -0.39 is 6.10 Å². The number of fused-ring (bicyclic) bond motifs is 2. The molecule has 4 rings (SSSR count). The summed E-state index contributed by atoms with van der Waals surface area (Å²) in [5.74, 6) is 0.973. The van der Waals surface area contributed by atoms with Crippen LogP contribution in [-0.2, 0) is 22.4 Å². The van der Waals surface area contributed by atoms with Gasteiger partial charge in [-0.05, 0) is 12.8 Å². The summed E-state index contributed by atoms with van der Waals surface area (Å²) in [6, 6.07) is -0.254. The summed E-state index contributed by atoms with van der Waals surface area (Å²) in [6.45, 7) is 1.38. The van der Waals surface area contributed by atoms with Crippen molar-refractivity contribution >= 4 is 5.91 Å². The highest BCUT2D eigenvalue weighted by Crippen LogP contribution is 2.27. The number of nitrogens with one attached hydrogen (secondary N) is 1. The molecule has 1 aromatic heterocycles. The van der Waals surface area contributed by atoms with Crippen molar-refractivity contribution in [2.75, 3.05) is 13.2 Å². The van der Waals surface area contributed by atoms with Crippen molar-refractivity contribution in [3.8, 4) is 0 Å². The number of rotatable bonds is 2. The van der Waals surface area contributed by atoms with E-state index in [2.05, 4.69) is 15.5 Å². The fourth-order valence-corrected chi connectivity index (χ4v) is 3.31. The van der Waals surface area contributed by atoms with Gasteiger partial charge in [-0.1, -0.05) is 0 Å². The fourth-order valence-electron chi connectivity index (χ4n) is 3.31. The van der Waals surface area contributed by atoms with E-state index in [-0.39, 0.29) is 30.8 Å². The molecule has 3 aliphatic heterocycles. The summed E-state index contributed by atoms with van der Waals surface area (Å²) < 4.78 is 12.9. The van der Waals surface area contributed by atoms with Crippen molar-refractivity contribution in [1.29, 1.82) is 0 Å². The zero-order valence-electron chi connectivity index (χ0n) is 11.6. The standard InChI is InChI=1S/C13H18N4O4/c18-8-6-21-10-7(5-20-11(8)10)14-13(19)12-16-15-9-3-1-2-4-17(9)12/h7-8,10-11,18H,1-6H2,(H,14,19)/t7-,8+,10+,11+/m0/s1. The van der Waals surface area contributed by atoms with Crippen LogP contribution in [0, 0.1) is 0 Å². The first-order valence-corrected chi connectivity index (χ1v) is 7.38. The number of aliphatic hydroxyl groups is 1. The van der Waals surface area contributed by atoms with E-state index in [1.165, 1.54) is 0 Å². The minimum atomic E-state index is -0.613. The van der Waals surface area contributed by atoms with Crippen molar-refractivity contribution in [1.82, 2.24) is 20.1 Å². The maximum atomic E-state index is 12.4. The Hall–Kier alpha value is -1.51. The molecule has 0 saturated carbocycles. The normalized spacial score (nSPS) is 34.5. The molecule has 8 nitrogen and oxygen atoms in total. The molecule has 21 heavy (non-hydrogen) atoms. The zero-order valence-corrected chi connectivity index (χ0v) is 11.6. The summed E-state index contributed by atoms with van der Waals surface area (Å²) >= 11 is 0. The zero-order chi connectivity index (χ0) is 14.4. The van der Waals surface area contributed by atoms with Crippen LogP contribution < -0.4 is 5.32 Å². The molecule has 2 N–H and O–H groups in total. The minimum Gasteiger partial charge on any atom is -0.388 e. The summed E-state index contributed by atoms with van der Waals surface area (Å²) in [4.78, 5) is 12.4. The van der Waals surface area contributed by atoms with Crippen LogP contribution in [0.1, 0.15) is 29.3 Å². The first-order chi connectivity index (χ1) is 10.2. The Kier molecular flexibility index (Phi) is 3.16. The Morgan fingerprint density at radius 1 is 1.24 bits per heavy atom. The number of carbonyl (C=O) groups excluding carboxylic acids is 1. The number of ether oxygens (including phenoxy) is 2. The second kappa shape index (κ2) is 5.04. The van der Waals surface area contributed by atoms with Gasteiger partial charge in [-0.2, -0.15) is 0 Å². The summed E-state index contributed by atoms with van der Waals surface area (Å²) in [5, 5.41) is 20.7. The highest BCUT2D eigenvalue weighted by atomic mass is 16.6. The van der Waals surface area contributed by atoms with Gasteiger partial charge >= 0.3 is 0 Å². The molecule has 1 amide bonds. The van der Waals surface area contributed by atoms with E-state index in [0.29, 0.717) is 12.4 Å². The lowest BCUT2D eigenvalue weighted by atomic mass is 10.1. The largest absolute Gasteiger partial charge is 0.388 e. The average Bonchev–Trinajstić information content (AvgIpc) is 3.16. The second-order valence-corrected chi connectivity index (χ2v) is 5.79. The molecule has 0 aromatic carbocycles. The molecular weight excluding hydrogens is 276 g/mol. The van der Waals surface area contributed by atoms with E-state index in [0.717, 1.165) is 31.6 Å². The van der Waals surface area contributed by atoms with Gasteiger partial charge in [-0.15, -0.1) is 10.2 Å². The van der Waals surface area contributed by atoms with Gasteiger partial charge < -0.3 is 24.5 Å². The number of carbonyl (C=O) groups is 1. The molecule has 2 fully saturated rings. The fraction of sp³-hybridized carbons (Fsp3) is 0.769. The van der Waals surface area contributed by atoms with Gasteiger partial charge in [0.2, 0.25) is 5.82 Å². The molecule has 8 heteroatoms. The second-order valence-electron chi connectivity index (χ2n) is 5.79. The molecule has 2 saturated heterocycles. The van der Waals surface area contributed by atoms with E-state index in [9.17, 15) is 9.90 Å². The van der Waals surface area contributed by atoms with Gasteiger partial charge in [0.25, 0.3) is 5.91 Å². The van der Waals surface area contributed by atoms with Crippen molar-refractivity contribution in [2.24, 2.45) is 0 Å². The van der Waals surface area contributed by atoms with Crippen LogP contribution >= 0.6 is 0 Å². The third-order valence-electron chi connectivity index (χ3n) is 4.41. The quantitative estimate of drug-likeness (QED) is 0.716. The van der Waals surface area contributed by atoms with Crippen molar-refractivity contribution < 1.29 is 19.4 Å². The topological polar surface area (TPSA) is 98.5 Å². The SMILES string of the molecule is O=C(N[C@H]1CO[C@H]2[C@@H]1OC[C@H]2O)c1nnc2n1CCCC2. The molecular formula is C13H18N4O4. The number of aliphatic hydroxyl groups excluding tert-OH is 1. The monoisotopic (exact) mass is 294 g/mol. The average molecular weight is 294 g/mol. The highest BCUT2D eigenvalue weighted by molar-refractivity contribution is 5.91. The molecule has 4 heterocycles. The van der Waals surface area contributed by atoms with E-state index >= 15 is 0 Å². The van der Waals surface area contributed by atoms with Crippen LogP contribution in [0.15, 0.2) is 0 Å². The highest BCUT2D eigenvalue weighted by Gasteiger charge is 2.47. The lowest BCUT2D eigenvalue weighted by Crippen LogP contribution is -2.45. The van der Waals surface area contributed by atoms with Crippen LogP contribution in [0.3, 0.4) is 0 Å². The Morgan fingerprint density at radius 2 is 2.10 bits per heavy atom. The Morgan fingerprint density at radius 3 is 3.00 bits per heavy atom. The first kappa shape index (κ1) is 13.2. The number of nitrogens with zero attached hydrogens (tertiary/aromatic N) is 3. The van der Waals surface area contributed by atoms with Crippen molar-refractivity contribution in [3.63, 3.8) is 0 Å². The van der Waals surface area contributed by atoms with Gasteiger partial charge in [0.1, 0.15) is 24.1 Å². The summed E-state index contributed by atoms with van der Waals surface area (Å²) in [6.07, 6.45) is 1.75. The van der Waals surface area contributed by atoms with Crippen molar-refractivity contribution in [3.05, 3.63) is 11.6 Å². The van der Waals surface area contributed by atoms with Crippen LogP contribution in [0.4, 0.5) is 0 Å². The van der Waals surface area contributed by atoms with E-state index in [1.807, 2.05) is 4.57 Å². The Balaban J connectivity index is 1.48. The lowest BCUT2D eigenvalue weighted by molar-refractivity contribution is 0.0178. The van der Waals surface area contributed by atoms with Gasteiger partial charge in [0.05, 0.1) is 19.3 Å². The maximum absolute atomic E-state index is 12.4. The first-order valence-electron chi connectivity index (χ1n) is 7.38. The maximum Gasteiger partial charge on any atom is 0.289 e. The number of hydrogen-bond acceptors (Lipinski definition) is 6. The number of aryl methyl sites for hydroxylation is 1. The lowest BCUT2D eigenvalue weighted by Gasteiger charge is -2.18. The Bertz CT molecular complexity index is 560. The molecule has 4 atom stereocenters. The third-order valence-corrected chi connectivity index (χ3v) is 4.41. The minimum absolute atomic E-state index is 0.252. The van der Waals surface area contributed by atoms with Gasteiger partial charge in [-0.3, -0.25) is 4.79 Å². The van der Waals surface area contributed by atoms with Gasteiger partial charge in [0, 0.05) is 13.0 Å². The molecule has 0 unspecified atom stereocenters. The molecule has 0 radical (unpaired) electrons. The van der Waals surface area contributed by atoms with Gasteiger partial charge in [0.15, 0.2) is 0 Å². The van der Waals surface area contributed by atoms with Crippen LogP contribution in [0.2, 0.25) is 0 Å². The number of hydrogen-bond donors (Lipinski definition) is 2. The molecule has 1 aromatic rings. The van der Waals surface area contributed by atoms with E-state index in [1.54, 1.807) is 0 Å². The number of aromatic nitrogens is 3. The van der Waals surface area contributed by atoms with Crippen LogP contribution in [0.5, 0.6) is 0 Å². The molecule has 3 aliphatic rings. The van der Waals surface area contributed by atoms with E-state index in [4.69, 9.17) is 9.47 Å². The van der Waals surface area contributed by atoms with Crippen LogP contribution in [0.25, 0.3) is 0 Å². The summed E-state index contributed by atoms with van der Waals surface area (Å²) in [7, 11) is 0. The summed E-state index contributed by atoms with van der Waals surface area (Å²) in [5.41, 5.74) is 0. The molecule has 0 aliphatic carbocycles.